The Morgan fingerprint density at radius 1 is 1.29 bits per heavy atom. The monoisotopic (exact) mass is 313 g/mol. The first-order chi connectivity index (χ1) is 6.72. The lowest BCUT2D eigenvalue weighted by Crippen LogP contribution is -2.29. The number of hydrogen-bond donors (Lipinski definition) is 2. The van der Waals surface area contributed by atoms with Gasteiger partial charge in [0, 0.05) is 22.9 Å². The van der Waals surface area contributed by atoms with E-state index in [1.807, 2.05) is 22.9 Å². The molecule has 0 amide bonds. The van der Waals surface area contributed by atoms with Crippen LogP contribution in [-0.4, -0.2) is 17.1 Å². The van der Waals surface area contributed by atoms with Crippen LogP contribution in [0.25, 0.3) is 0 Å². The molecule has 0 radical (unpaired) electrons. The molecule has 1 atom stereocenters. The Balaban J connectivity index is 3.29. The van der Waals surface area contributed by atoms with Crippen molar-refractivity contribution >= 4 is 28.8 Å². The van der Waals surface area contributed by atoms with Crippen LogP contribution >= 0.6 is 22.9 Å². The van der Waals surface area contributed by atoms with E-state index in [-0.39, 0.29) is 6.04 Å². The molecule has 0 aliphatic rings. The second-order valence-corrected chi connectivity index (χ2v) is 4.18. The van der Waals surface area contributed by atoms with E-state index in [1.165, 1.54) is 25.7 Å². The van der Waals surface area contributed by atoms with Crippen LogP contribution in [0.3, 0.4) is 0 Å². The van der Waals surface area contributed by atoms with Crippen molar-refractivity contribution in [1.82, 2.24) is 3.53 Å². The van der Waals surface area contributed by atoms with Gasteiger partial charge in [-0.1, -0.05) is 45.4 Å². The highest BCUT2D eigenvalue weighted by Gasteiger charge is 2.13. The second-order valence-electron chi connectivity index (χ2n) is 3.56. The Labute approximate surface area is 100 Å². The lowest BCUT2D eigenvalue weighted by atomic mass is 10.1. The zero-order valence-electron chi connectivity index (χ0n) is 8.76. The Morgan fingerprint density at radius 3 is 2.36 bits per heavy atom. The number of rotatable bonds is 9. The van der Waals surface area contributed by atoms with Gasteiger partial charge in [0.2, 0.25) is 0 Å². The molecular formula is C10H20INO2. The van der Waals surface area contributed by atoms with Gasteiger partial charge in [0.05, 0.1) is 0 Å². The fraction of sp³-hybridized carbons (Fsp3) is 0.900. The summed E-state index contributed by atoms with van der Waals surface area (Å²) in [6, 6.07) is -0.373. The van der Waals surface area contributed by atoms with Gasteiger partial charge in [0.15, 0.2) is 0 Å². The van der Waals surface area contributed by atoms with Crippen LogP contribution in [0, 0.1) is 0 Å². The number of hydrogen-bond acceptors (Lipinski definition) is 2. The van der Waals surface area contributed by atoms with Gasteiger partial charge in [-0.2, -0.15) is 0 Å². The molecule has 0 aromatic rings. The number of aliphatic carboxylic acids is 1. The van der Waals surface area contributed by atoms with E-state index in [1.54, 1.807) is 0 Å². The van der Waals surface area contributed by atoms with Crippen LogP contribution in [0.1, 0.15) is 51.9 Å². The molecule has 0 spiro atoms. The average molecular weight is 313 g/mol. The van der Waals surface area contributed by atoms with E-state index >= 15 is 0 Å². The molecule has 3 nitrogen and oxygen atoms in total. The van der Waals surface area contributed by atoms with Crippen molar-refractivity contribution in [2.45, 2.75) is 57.9 Å². The number of nitrogens with one attached hydrogen (secondary N) is 1. The van der Waals surface area contributed by atoms with E-state index < -0.39 is 5.97 Å². The number of carbonyl (C=O) groups is 1. The van der Waals surface area contributed by atoms with Gasteiger partial charge in [0.1, 0.15) is 6.04 Å². The summed E-state index contributed by atoms with van der Waals surface area (Å²) in [5.74, 6) is -0.743. The standard InChI is InChI=1S/C10H20INO2/c1-2-3-4-5-6-7-8-9(12-11)10(13)14/h9,12H,2-8H2,1H3,(H,13,14). The molecule has 0 aliphatic heterocycles. The smallest absolute Gasteiger partial charge is 0.321 e. The third-order valence-electron chi connectivity index (χ3n) is 2.28. The molecule has 0 heterocycles. The van der Waals surface area contributed by atoms with Crippen molar-refractivity contribution in [2.75, 3.05) is 0 Å². The van der Waals surface area contributed by atoms with Crippen molar-refractivity contribution in [1.29, 1.82) is 0 Å². The maximum Gasteiger partial charge on any atom is 0.321 e. The van der Waals surface area contributed by atoms with Crippen LogP contribution in [0.4, 0.5) is 0 Å². The average Bonchev–Trinajstić information content (AvgIpc) is 2.16. The van der Waals surface area contributed by atoms with Gasteiger partial charge in [-0.15, -0.1) is 0 Å². The van der Waals surface area contributed by atoms with Gasteiger partial charge >= 0.3 is 5.97 Å². The first-order valence-electron chi connectivity index (χ1n) is 5.31. The van der Waals surface area contributed by atoms with Gasteiger partial charge in [-0.25, -0.2) is 3.53 Å². The van der Waals surface area contributed by atoms with E-state index in [9.17, 15) is 4.79 Å². The van der Waals surface area contributed by atoms with Gasteiger partial charge in [-0.3, -0.25) is 4.79 Å². The summed E-state index contributed by atoms with van der Waals surface area (Å²) in [6.45, 7) is 2.19. The quantitative estimate of drug-likeness (QED) is 0.391. The van der Waals surface area contributed by atoms with Crippen molar-refractivity contribution in [3.8, 4) is 0 Å². The minimum absolute atomic E-state index is 0.373. The van der Waals surface area contributed by atoms with E-state index in [0.717, 1.165) is 19.3 Å². The van der Waals surface area contributed by atoms with Crippen LogP contribution < -0.4 is 3.53 Å². The van der Waals surface area contributed by atoms with Gasteiger partial charge < -0.3 is 5.11 Å². The van der Waals surface area contributed by atoms with Gasteiger partial charge in [-0.05, 0) is 6.42 Å². The summed E-state index contributed by atoms with van der Waals surface area (Å²) in [5.41, 5.74) is 0. The molecule has 0 bridgehead atoms. The largest absolute Gasteiger partial charge is 0.480 e. The van der Waals surface area contributed by atoms with Crippen LogP contribution in [-0.2, 0) is 4.79 Å². The van der Waals surface area contributed by atoms with Crippen molar-refractivity contribution in [2.24, 2.45) is 0 Å². The summed E-state index contributed by atoms with van der Waals surface area (Å²) < 4.78 is 2.77. The zero-order valence-corrected chi connectivity index (χ0v) is 10.9. The summed E-state index contributed by atoms with van der Waals surface area (Å²) in [6.07, 6.45) is 7.98. The Kier molecular flexibility index (Phi) is 9.82. The number of halogens is 1. The Morgan fingerprint density at radius 2 is 1.86 bits per heavy atom. The molecule has 0 saturated carbocycles. The lowest BCUT2D eigenvalue weighted by Gasteiger charge is -2.08. The topological polar surface area (TPSA) is 49.3 Å². The van der Waals surface area contributed by atoms with E-state index in [2.05, 4.69) is 10.5 Å². The highest BCUT2D eigenvalue weighted by atomic mass is 127. The van der Waals surface area contributed by atoms with Crippen molar-refractivity contribution in [3.63, 3.8) is 0 Å². The zero-order chi connectivity index (χ0) is 10.8. The maximum absolute atomic E-state index is 10.6. The molecule has 84 valence electrons. The summed E-state index contributed by atoms with van der Waals surface area (Å²) in [7, 11) is 0. The third kappa shape index (κ3) is 7.55. The van der Waals surface area contributed by atoms with E-state index in [4.69, 9.17) is 5.11 Å². The molecule has 0 rings (SSSR count). The molecule has 0 aromatic heterocycles. The molecule has 4 heteroatoms. The number of carboxylic acids is 1. The first-order valence-corrected chi connectivity index (χ1v) is 6.39. The van der Waals surface area contributed by atoms with Crippen LogP contribution in [0.2, 0.25) is 0 Å². The van der Waals surface area contributed by atoms with Crippen molar-refractivity contribution in [3.05, 3.63) is 0 Å². The molecule has 0 saturated heterocycles. The Hall–Kier alpha value is 0.160. The Bertz CT molecular complexity index is 153. The molecule has 2 N–H and O–H groups in total. The van der Waals surface area contributed by atoms with Crippen LogP contribution in [0.15, 0.2) is 0 Å². The molecule has 0 fully saturated rings. The number of carboxylic acid groups (broad SMARTS) is 1. The molecule has 0 aromatic carbocycles. The van der Waals surface area contributed by atoms with Crippen LogP contribution in [0.5, 0.6) is 0 Å². The summed E-state index contributed by atoms with van der Waals surface area (Å²) in [4.78, 5) is 10.6. The molecule has 0 aliphatic carbocycles. The van der Waals surface area contributed by atoms with Gasteiger partial charge in [0.25, 0.3) is 0 Å². The molecular weight excluding hydrogens is 293 g/mol. The van der Waals surface area contributed by atoms with E-state index in [0.29, 0.717) is 0 Å². The highest BCUT2D eigenvalue weighted by Crippen LogP contribution is 2.09. The predicted molar refractivity (Wildman–Crippen MR) is 66.6 cm³/mol. The lowest BCUT2D eigenvalue weighted by molar-refractivity contribution is -0.138. The normalized spacial score (nSPS) is 12.7. The SMILES string of the molecule is CCCCCCCCC(NI)C(=O)O. The molecule has 14 heavy (non-hydrogen) atoms. The maximum atomic E-state index is 10.6. The third-order valence-corrected chi connectivity index (χ3v) is 3.03. The minimum Gasteiger partial charge on any atom is -0.480 e. The predicted octanol–water partition coefficient (Wildman–Crippen LogP) is 3.13. The molecule has 1 unspecified atom stereocenters. The van der Waals surface area contributed by atoms with Crippen molar-refractivity contribution < 1.29 is 9.90 Å². The fourth-order valence-electron chi connectivity index (χ4n) is 1.35. The number of unbranched alkanes of at least 4 members (excludes halogenated alkanes) is 5. The first kappa shape index (κ1) is 14.2. The fourth-order valence-corrected chi connectivity index (χ4v) is 1.93. The highest BCUT2D eigenvalue weighted by molar-refractivity contribution is 14.1. The minimum atomic E-state index is -0.743. The second kappa shape index (κ2) is 9.71. The summed E-state index contributed by atoms with van der Waals surface area (Å²) in [5, 5.41) is 8.75. The summed E-state index contributed by atoms with van der Waals surface area (Å²) >= 11 is 1.91.